The van der Waals surface area contributed by atoms with Gasteiger partial charge in [0.05, 0.1) is 3.79 Å². The lowest BCUT2D eigenvalue weighted by Gasteiger charge is -2.03. The molecule has 0 saturated heterocycles. The van der Waals surface area contributed by atoms with Gasteiger partial charge in [0.1, 0.15) is 0 Å². The van der Waals surface area contributed by atoms with Crippen LogP contribution in [0.5, 0.6) is 11.5 Å². The number of hydrogen-bond acceptors (Lipinski definition) is 3. The van der Waals surface area contributed by atoms with Gasteiger partial charge in [-0.25, -0.2) is 0 Å². The molecular formula is C15H9BrO2S. The molecule has 19 heavy (non-hydrogen) atoms. The SMILES string of the molecule is Brc1sc2ccccc2c1-c1ccc2c(c1)OCO2. The molecule has 0 fully saturated rings. The summed E-state index contributed by atoms with van der Waals surface area (Å²) < 4.78 is 13.2. The third-order valence-electron chi connectivity index (χ3n) is 3.21. The molecule has 94 valence electrons. The molecule has 0 N–H and O–H groups in total. The Balaban J connectivity index is 1.97. The van der Waals surface area contributed by atoms with Crippen LogP contribution in [0.25, 0.3) is 21.2 Å². The monoisotopic (exact) mass is 332 g/mol. The minimum absolute atomic E-state index is 0.310. The average Bonchev–Trinajstić information content (AvgIpc) is 3.00. The summed E-state index contributed by atoms with van der Waals surface area (Å²) in [6.45, 7) is 0.310. The van der Waals surface area contributed by atoms with E-state index in [0.717, 1.165) is 20.8 Å². The summed E-state index contributed by atoms with van der Waals surface area (Å²) in [6, 6.07) is 14.5. The van der Waals surface area contributed by atoms with Gasteiger partial charge in [-0.05, 0) is 39.7 Å². The standard InChI is InChI=1S/C15H9BrO2S/c16-15-14(10-3-1-2-4-13(10)19-15)9-5-6-11-12(7-9)18-8-17-11/h1-7H,8H2. The van der Waals surface area contributed by atoms with Crippen molar-refractivity contribution in [2.24, 2.45) is 0 Å². The number of ether oxygens (including phenoxy) is 2. The van der Waals surface area contributed by atoms with Crippen molar-refractivity contribution in [3.05, 3.63) is 46.3 Å². The van der Waals surface area contributed by atoms with Crippen molar-refractivity contribution < 1.29 is 9.47 Å². The van der Waals surface area contributed by atoms with E-state index in [2.05, 4.69) is 46.3 Å². The van der Waals surface area contributed by atoms with Crippen LogP contribution in [0.2, 0.25) is 0 Å². The number of benzene rings is 2. The van der Waals surface area contributed by atoms with Gasteiger partial charge in [-0.2, -0.15) is 0 Å². The number of hydrogen-bond donors (Lipinski definition) is 0. The van der Waals surface area contributed by atoms with Crippen LogP contribution >= 0.6 is 27.3 Å². The fraction of sp³-hybridized carbons (Fsp3) is 0.0667. The largest absolute Gasteiger partial charge is 0.454 e. The molecule has 1 aromatic heterocycles. The second-order valence-corrected chi connectivity index (χ2v) is 6.69. The Morgan fingerprint density at radius 2 is 1.84 bits per heavy atom. The van der Waals surface area contributed by atoms with E-state index in [1.165, 1.54) is 15.6 Å². The minimum atomic E-state index is 0.310. The quantitative estimate of drug-likeness (QED) is 0.620. The van der Waals surface area contributed by atoms with Crippen molar-refractivity contribution in [1.82, 2.24) is 0 Å². The second kappa shape index (κ2) is 4.25. The molecule has 0 atom stereocenters. The van der Waals surface area contributed by atoms with E-state index in [1.54, 1.807) is 11.3 Å². The van der Waals surface area contributed by atoms with E-state index in [9.17, 15) is 0 Å². The van der Waals surface area contributed by atoms with Crippen molar-refractivity contribution in [2.75, 3.05) is 6.79 Å². The Bertz CT molecular complexity index is 779. The molecule has 1 aliphatic heterocycles. The minimum Gasteiger partial charge on any atom is -0.454 e. The normalized spacial score (nSPS) is 13.1. The first-order valence-electron chi connectivity index (χ1n) is 5.90. The Kier molecular flexibility index (Phi) is 2.53. The van der Waals surface area contributed by atoms with Crippen LogP contribution in [-0.2, 0) is 0 Å². The van der Waals surface area contributed by atoms with Gasteiger partial charge in [0.2, 0.25) is 6.79 Å². The summed E-state index contributed by atoms with van der Waals surface area (Å²) in [6.07, 6.45) is 0. The zero-order chi connectivity index (χ0) is 12.8. The van der Waals surface area contributed by atoms with Gasteiger partial charge < -0.3 is 9.47 Å². The number of thiophene rings is 1. The number of rotatable bonds is 1. The van der Waals surface area contributed by atoms with Crippen LogP contribution in [0.3, 0.4) is 0 Å². The zero-order valence-corrected chi connectivity index (χ0v) is 12.3. The van der Waals surface area contributed by atoms with Crippen molar-refractivity contribution in [2.45, 2.75) is 0 Å². The molecule has 4 heteroatoms. The van der Waals surface area contributed by atoms with E-state index in [4.69, 9.17) is 9.47 Å². The predicted molar refractivity (Wildman–Crippen MR) is 81.1 cm³/mol. The average molecular weight is 333 g/mol. The van der Waals surface area contributed by atoms with E-state index in [1.807, 2.05) is 12.1 Å². The summed E-state index contributed by atoms with van der Waals surface area (Å²) in [7, 11) is 0. The van der Waals surface area contributed by atoms with E-state index in [0.29, 0.717) is 6.79 Å². The summed E-state index contributed by atoms with van der Waals surface area (Å²) in [4.78, 5) is 0. The van der Waals surface area contributed by atoms with Crippen LogP contribution in [0.1, 0.15) is 0 Å². The second-order valence-electron chi connectivity index (χ2n) is 4.31. The van der Waals surface area contributed by atoms with Crippen LogP contribution in [0, 0.1) is 0 Å². The Morgan fingerprint density at radius 3 is 2.79 bits per heavy atom. The Morgan fingerprint density at radius 1 is 1.00 bits per heavy atom. The molecule has 0 spiro atoms. The molecular weight excluding hydrogens is 324 g/mol. The third kappa shape index (κ3) is 1.75. The predicted octanol–water partition coefficient (Wildman–Crippen LogP) is 5.06. The maximum absolute atomic E-state index is 5.45. The van der Waals surface area contributed by atoms with Gasteiger partial charge in [0.25, 0.3) is 0 Å². The van der Waals surface area contributed by atoms with Gasteiger partial charge in [-0.15, -0.1) is 11.3 Å². The molecule has 3 aromatic rings. The zero-order valence-electron chi connectivity index (χ0n) is 9.85. The highest BCUT2D eigenvalue weighted by molar-refractivity contribution is 9.11. The van der Waals surface area contributed by atoms with Crippen LogP contribution in [-0.4, -0.2) is 6.79 Å². The fourth-order valence-electron chi connectivity index (χ4n) is 2.34. The highest BCUT2D eigenvalue weighted by atomic mass is 79.9. The highest BCUT2D eigenvalue weighted by Gasteiger charge is 2.17. The molecule has 0 bridgehead atoms. The molecule has 2 heterocycles. The molecule has 0 saturated carbocycles. The molecule has 0 aliphatic carbocycles. The van der Waals surface area contributed by atoms with Crippen LogP contribution < -0.4 is 9.47 Å². The smallest absolute Gasteiger partial charge is 0.231 e. The number of halogens is 1. The van der Waals surface area contributed by atoms with E-state index in [-0.39, 0.29) is 0 Å². The highest BCUT2D eigenvalue weighted by Crippen LogP contribution is 2.44. The van der Waals surface area contributed by atoms with Gasteiger partial charge in [0, 0.05) is 15.6 Å². The first kappa shape index (κ1) is 11.3. The molecule has 4 rings (SSSR count). The van der Waals surface area contributed by atoms with Crippen molar-refractivity contribution in [3.8, 4) is 22.6 Å². The van der Waals surface area contributed by atoms with E-state index < -0.39 is 0 Å². The van der Waals surface area contributed by atoms with Crippen molar-refractivity contribution >= 4 is 37.4 Å². The van der Waals surface area contributed by atoms with Gasteiger partial charge >= 0.3 is 0 Å². The van der Waals surface area contributed by atoms with E-state index >= 15 is 0 Å². The van der Waals surface area contributed by atoms with Gasteiger partial charge in [-0.1, -0.05) is 24.3 Å². The maximum Gasteiger partial charge on any atom is 0.231 e. The van der Waals surface area contributed by atoms with Gasteiger partial charge in [0.15, 0.2) is 11.5 Å². The van der Waals surface area contributed by atoms with Crippen molar-refractivity contribution in [3.63, 3.8) is 0 Å². The molecule has 0 amide bonds. The lowest BCUT2D eigenvalue weighted by molar-refractivity contribution is 0.174. The van der Waals surface area contributed by atoms with Gasteiger partial charge in [-0.3, -0.25) is 0 Å². The lowest BCUT2D eigenvalue weighted by atomic mass is 10.0. The maximum atomic E-state index is 5.45. The molecule has 1 aliphatic rings. The molecule has 2 nitrogen and oxygen atoms in total. The first-order valence-corrected chi connectivity index (χ1v) is 7.51. The Hall–Kier alpha value is -1.52. The molecule has 0 radical (unpaired) electrons. The summed E-state index contributed by atoms with van der Waals surface area (Å²) in [5.41, 5.74) is 2.37. The molecule has 2 aromatic carbocycles. The summed E-state index contributed by atoms with van der Waals surface area (Å²) >= 11 is 5.42. The summed E-state index contributed by atoms with van der Waals surface area (Å²) in [5.74, 6) is 1.64. The summed E-state index contributed by atoms with van der Waals surface area (Å²) in [5, 5.41) is 1.26. The van der Waals surface area contributed by atoms with Crippen molar-refractivity contribution in [1.29, 1.82) is 0 Å². The third-order valence-corrected chi connectivity index (χ3v) is 5.06. The lowest BCUT2D eigenvalue weighted by Crippen LogP contribution is -1.92. The molecule has 0 unspecified atom stereocenters. The number of fused-ring (bicyclic) bond motifs is 2. The topological polar surface area (TPSA) is 18.5 Å². The van der Waals surface area contributed by atoms with Crippen LogP contribution in [0.15, 0.2) is 46.3 Å². The fourth-order valence-corrected chi connectivity index (χ4v) is 4.25. The van der Waals surface area contributed by atoms with Crippen LogP contribution in [0.4, 0.5) is 0 Å². The first-order chi connectivity index (χ1) is 9.33. The Labute approximate surface area is 122 Å².